The Kier molecular flexibility index (Phi) is 6.62. The molecule has 2 aliphatic rings. The summed E-state index contributed by atoms with van der Waals surface area (Å²) >= 11 is 0. The Morgan fingerprint density at radius 1 is 1.07 bits per heavy atom. The van der Waals surface area contributed by atoms with Crippen molar-refractivity contribution in [2.45, 2.75) is 38.6 Å². The molecule has 10 nitrogen and oxygen atoms in total. The van der Waals surface area contributed by atoms with Crippen LogP contribution in [0.2, 0.25) is 0 Å². The quantitative estimate of drug-likeness (QED) is 0.246. The molecule has 5 aromatic rings. The molecular formula is C32H31N5O5. The Bertz CT molecular complexity index is 1880. The van der Waals surface area contributed by atoms with E-state index in [2.05, 4.69) is 14.9 Å². The molecular weight excluding hydrogens is 534 g/mol. The van der Waals surface area contributed by atoms with Gasteiger partial charge in [-0.2, -0.15) is 4.98 Å². The van der Waals surface area contributed by atoms with E-state index in [1.165, 1.54) is 12.1 Å². The Labute approximate surface area is 241 Å². The highest BCUT2D eigenvalue weighted by Crippen LogP contribution is 2.37. The first-order valence-electron chi connectivity index (χ1n) is 14.3. The lowest BCUT2D eigenvalue weighted by Crippen LogP contribution is -2.36. The number of nitrogens with zero attached hydrogens (tertiary/aromatic N) is 4. The number of Topliss-reactive ketones (excluding diaryl/α,β-unsaturated/α-hetero) is 1. The Hall–Kier alpha value is -4.70. The van der Waals surface area contributed by atoms with Gasteiger partial charge in [0.25, 0.3) is 0 Å². The number of anilines is 3. The number of phenols is 1. The van der Waals surface area contributed by atoms with Crippen LogP contribution in [0.25, 0.3) is 33.1 Å². The number of carbonyl (C=O) groups excluding carboxylic acids is 1. The van der Waals surface area contributed by atoms with Crippen LogP contribution in [0.4, 0.5) is 17.5 Å². The monoisotopic (exact) mass is 565 g/mol. The average molecular weight is 566 g/mol. The van der Waals surface area contributed by atoms with Gasteiger partial charge in [0.1, 0.15) is 16.8 Å². The first-order valence-corrected chi connectivity index (χ1v) is 14.3. The highest BCUT2D eigenvalue weighted by molar-refractivity contribution is 5.98. The maximum atomic E-state index is 13.1. The van der Waals surface area contributed by atoms with Crippen LogP contribution in [0.15, 0.2) is 63.9 Å². The van der Waals surface area contributed by atoms with E-state index in [1.54, 1.807) is 19.2 Å². The molecule has 4 heterocycles. The molecule has 2 aromatic carbocycles. The fourth-order valence-electron chi connectivity index (χ4n) is 6.17. The van der Waals surface area contributed by atoms with Gasteiger partial charge < -0.3 is 29.0 Å². The summed E-state index contributed by atoms with van der Waals surface area (Å²) in [5.41, 5.74) is 3.65. The second-order valence-corrected chi connectivity index (χ2v) is 11.0. The van der Waals surface area contributed by atoms with Crippen LogP contribution in [-0.2, 0) is 4.74 Å². The minimum atomic E-state index is -0.303. The van der Waals surface area contributed by atoms with Crippen molar-refractivity contribution >= 4 is 45.3 Å². The number of aromatic hydroxyl groups is 1. The van der Waals surface area contributed by atoms with Gasteiger partial charge in [0, 0.05) is 55.0 Å². The maximum absolute atomic E-state index is 13.1. The van der Waals surface area contributed by atoms with Gasteiger partial charge in [-0.25, -0.2) is 4.98 Å². The van der Waals surface area contributed by atoms with Gasteiger partial charge in [0.05, 0.1) is 18.9 Å². The van der Waals surface area contributed by atoms with Crippen LogP contribution >= 0.6 is 0 Å². The molecule has 0 amide bonds. The summed E-state index contributed by atoms with van der Waals surface area (Å²) in [6, 6.07) is 14.5. The molecule has 1 saturated carbocycles. The zero-order valence-electron chi connectivity index (χ0n) is 23.3. The van der Waals surface area contributed by atoms with Gasteiger partial charge in [0.2, 0.25) is 5.95 Å². The Balaban J connectivity index is 1.26. The predicted octanol–water partition coefficient (Wildman–Crippen LogP) is 5.81. The predicted molar refractivity (Wildman–Crippen MR) is 161 cm³/mol. The molecule has 0 radical (unpaired) electrons. The SMILES string of the molecule is CC(=O)c1cc2cnc(Nc3cccc(-c4ccc(O)c5c(=O)cc(N6CCOCC6)oc45)c3)nc2n1C1CCCC1. The van der Waals surface area contributed by atoms with E-state index in [9.17, 15) is 14.7 Å². The van der Waals surface area contributed by atoms with E-state index in [4.69, 9.17) is 14.1 Å². The van der Waals surface area contributed by atoms with Gasteiger partial charge in [-0.1, -0.05) is 25.0 Å². The summed E-state index contributed by atoms with van der Waals surface area (Å²) in [7, 11) is 0. The lowest BCUT2D eigenvalue weighted by Gasteiger charge is -2.27. The highest BCUT2D eigenvalue weighted by atomic mass is 16.5. The summed E-state index contributed by atoms with van der Waals surface area (Å²) in [5, 5.41) is 14.8. The molecule has 0 bridgehead atoms. The number of benzene rings is 2. The topological polar surface area (TPSA) is 123 Å². The number of aromatic nitrogens is 3. The molecule has 1 aliphatic heterocycles. The van der Waals surface area contributed by atoms with Crippen LogP contribution in [0.1, 0.15) is 49.1 Å². The number of phenolic OH excluding ortho intramolecular Hbond substituents is 1. The first kappa shape index (κ1) is 26.2. The molecule has 2 fully saturated rings. The van der Waals surface area contributed by atoms with E-state index >= 15 is 0 Å². The molecule has 0 spiro atoms. The smallest absolute Gasteiger partial charge is 0.229 e. The number of ketones is 1. The average Bonchev–Trinajstić information content (AvgIpc) is 3.66. The molecule has 7 rings (SSSR count). The van der Waals surface area contributed by atoms with Gasteiger partial charge in [-0.05, 0) is 48.7 Å². The van der Waals surface area contributed by atoms with Gasteiger partial charge in [0.15, 0.2) is 22.7 Å². The second kappa shape index (κ2) is 10.6. The summed E-state index contributed by atoms with van der Waals surface area (Å²) in [6.07, 6.45) is 6.10. The molecule has 1 aliphatic carbocycles. The molecule has 1 saturated heterocycles. The highest BCUT2D eigenvalue weighted by Gasteiger charge is 2.25. The van der Waals surface area contributed by atoms with Crippen LogP contribution in [0.5, 0.6) is 5.75 Å². The Morgan fingerprint density at radius 2 is 1.88 bits per heavy atom. The van der Waals surface area contributed by atoms with Crippen LogP contribution < -0.4 is 15.6 Å². The molecule has 3 aromatic heterocycles. The van der Waals surface area contributed by atoms with Crippen molar-refractivity contribution < 1.29 is 19.1 Å². The molecule has 0 atom stereocenters. The normalized spacial score (nSPS) is 16.0. The van der Waals surface area contributed by atoms with Crippen molar-refractivity contribution in [2.75, 3.05) is 36.5 Å². The van der Waals surface area contributed by atoms with E-state index < -0.39 is 0 Å². The van der Waals surface area contributed by atoms with Crippen molar-refractivity contribution in [3.8, 4) is 16.9 Å². The zero-order chi connectivity index (χ0) is 28.8. The lowest BCUT2D eigenvalue weighted by molar-refractivity contribution is 0.100. The molecule has 214 valence electrons. The number of hydrogen-bond donors (Lipinski definition) is 2. The fourth-order valence-corrected chi connectivity index (χ4v) is 6.17. The summed E-state index contributed by atoms with van der Waals surface area (Å²) in [6.45, 7) is 3.93. The number of morpholine rings is 1. The zero-order valence-corrected chi connectivity index (χ0v) is 23.3. The van der Waals surface area contributed by atoms with Crippen molar-refractivity contribution in [1.82, 2.24) is 14.5 Å². The van der Waals surface area contributed by atoms with Crippen molar-refractivity contribution in [1.29, 1.82) is 0 Å². The largest absolute Gasteiger partial charge is 0.507 e. The maximum Gasteiger partial charge on any atom is 0.229 e. The van der Waals surface area contributed by atoms with E-state index in [0.717, 1.165) is 48.0 Å². The summed E-state index contributed by atoms with van der Waals surface area (Å²) in [5.74, 6) is 0.770. The minimum absolute atomic E-state index is 0.0201. The standard InChI is InChI=1S/C32H31N5O5/c1-19(38)25-16-21-18-33-32(35-31(21)37(25)23-7-2-3-8-23)34-22-6-4-5-20(15-22)24-9-10-26(39)29-27(40)17-28(42-30(24)29)36-11-13-41-14-12-36/h4-6,9-10,15-18,23,39H,2-3,7-8,11-14H2,1H3,(H,33,34,35). The number of fused-ring (bicyclic) bond motifs is 2. The molecule has 42 heavy (non-hydrogen) atoms. The summed E-state index contributed by atoms with van der Waals surface area (Å²) < 4.78 is 13.8. The van der Waals surface area contributed by atoms with Gasteiger partial charge >= 0.3 is 0 Å². The third-order valence-electron chi connectivity index (χ3n) is 8.22. The number of ether oxygens (including phenoxy) is 1. The lowest BCUT2D eigenvalue weighted by atomic mass is 10.0. The molecule has 2 N–H and O–H groups in total. The number of carbonyl (C=O) groups is 1. The third-order valence-corrected chi connectivity index (χ3v) is 8.22. The fraction of sp³-hybridized carbons (Fsp3) is 0.312. The van der Waals surface area contributed by atoms with E-state index in [0.29, 0.717) is 55.0 Å². The molecule has 0 unspecified atom stereocenters. The van der Waals surface area contributed by atoms with Gasteiger partial charge in [-0.3, -0.25) is 9.59 Å². The van der Waals surface area contributed by atoms with Crippen LogP contribution in [0, 0.1) is 0 Å². The Morgan fingerprint density at radius 3 is 2.67 bits per heavy atom. The van der Waals surface area contributed by atoms with Crippen molar-refractivity contribution in [3.05, 3.63) is 70.6 Å². The number of nitrogens with one attached hydrogen (secondary N) is 1. The van der Waals surface area contributed by atoms with Crippen LogP contribution in [0.3, 0.4) is 0 Å². The first-order chi connectivity index (χ1) is 20.5. The van der Waals surface area contributed by atoms with E-state index in [-0.39, 0.29) is 28.4 Å². The van der Waals surface area contributed by atoms with Crippen LogP contribution in [-0.4, -0.2) is 51.7 Å². The molecule has 10 heteroatoms. The summed E-state index contributed by atoms with van der Waals surface area (Å²) in [4.78, 5) is 36.9. The van der Waals surface area contributed by atoms with Crippen molar-refractivity contribution in [2.24, 2.45) is 0 Å². The second-order valence-electron chi connectivity index (χ2n) is 11.0. The number of rotatable bonds is 6. The number of hydrogen-bond acceptors (Lipinski definition) is 9. The van der Waals surface area contributed by atoms with Crippen molar-refractivity contribution in [3.63, 3.8) is 0 Å². The van der Waals surface area contributed by atoms with Gasteiger partial charge in [-0.15, -0.1) is 0 Å². The van der Waals surface area contributed by atoms with E-state index in [1.807, 2.05) is 35.2 Å². The minimum Gasteiger partial charge on any atom is -0.507 e. The third kappa shape index (κ3) is 4.67.